The van der Waals surface area contributed by atoms with Gasteiger partial charge in [-0.15, -0.1) is 11.3 Å². The molecule has 0 aliphatic carbocycles. The highest BCUT2D eigenvalue weighted by molar-refractivity contribution is 7.12. The molecule has 0 saturated heterocycles. The van der Waals surface area contributed by atoms with E-state index in [9.17, 15) is 4.79 Å². The Morgan fingerprint density at radius 1 is 1.04 bits per heavy atom. The first-order chi connectivity index (χ1) is 13.1. The molecule has 1 amide bonds. The lowest BCUT2D eigenvalue weighted by Gasteiger charge is -2.03. The van der Waals surface area contributed by atoms with Crippen LogP contribution in [0.4, 0.5) is 5.82 Å². The van der Waals surface area contributed by atoms with Gasteiger partial charge >= 0.3 is 0 Å². The lowest BCUT2D eigenvalue weighted by atomic mass is 10.1. The van der Waals surface area contributed by atoms with Gasteiger partial charge in [0.2, 0.25) is 11.0 Å². The van der Waals surface area contributed by atoms with Crippen molar-refractivity contribution in [1.29, 1.82) is 0 Å². The van der Waals surface area contributed by atoms with Crippen LogP contribution in [0.2, 0.25) is 5.02 Å². The third kappa shape index (κ3) is 3.77. The number of nitrogens with one attached hydrogen (secondary N) is 1. The van der Waals surface area contributed by atoms with E-state index in [0.29, 0.717) is 16.0 Å². The molecule has 0 aliphatic rings. The van der Waals surface area contributed by atoms with Crippen LogP contribution >= 0.6 is 22.9 Å². The minimum Gasteiger partial charge on any atom is -0.311 e. The van der Waals surface area contributed by atoms with Crippen molar-refractivity contribution in [2.24, 2.45) is 0 Å². The van der Waals surface area contributed by atoms with E-state index in [0.717, 1.165) is 22.5 Å². The van der Waals surface area contributed by atoms with Crippen LogP contribution in [0.25, 0.3) is 27.6 Å². The zero-order valence-electron chi connectivity index (χ0n) is 14.4. The lowest BCUT2D eigenvalue weighted by molar-refractivity contribution is -0.114. The van der Waals surface area contributed by atoms with Gasteiger partial charge in [-0.05, 0) is 12.1 Å². The molecule has 7 heteroatoms. The van der Waals surface area contributed by atoms with E-state index in [2.05, 4.69) is 15.4 Å². The van der Waals surface area contributed by atoms with Gasteiger partial charge in [0.25, 0.3) is 0 Å². The summed E-state index contributed by atoms with van der Waals surface area (Å²) in [6.07, 6.45) is 0. The van der Waals surface area contributed by atoms with Gasteiger partial charge < -0.3 is 5.32 Å². The number of carbonyl (C=O) groups excluding carboxylic acids is 1. The molecule has 0 bridgehead atoms. The van der Waals surface area contributed by atoms with E-state index in [1.165, 1.54) is 18.3 Å². The molecule has 1 N–H and O–H groups in total. The Hall–Kier alpha value is -2.96. The molecule has 0 atom stereocenters. The van der Waals surface area contributed by atoms with Crippen molar-refractivity contribution in [2.75, 3.05) is 5.32 Å². The molecule has 0 radical (unpaired) electrons. The predicted octanol–water partition coefficient (Wildman–Crippen LogP) is 5.27. The number of amides is 1. The number of hydrogen-bond acceptors (Lipinski definition) is 4. The van der Waals surface area contributed by atoms with Crippen molar-refractivity contribution >= 4 is 34.7 Å². The van der Waals surface area contributed by atoms with Gasteiger partial charge in [-0.2, -0.15) is 9.78 Å². The maximum atomic E-state index is 11.6. The minimum atomic E-state index is -0.168. The van der Waals surface area contributed by atoms with E-state index in [-0.39, 0.29) is 5.91 Å². The summed E-state index contributed by atoms with van der Waals surface area (Å²) in [4.78, 5) is 16.3. The van der Waals surface area contributed by atoms with Crippen molar-refractivity contribution < 1.29 is 4.79 Å². The third-order valence-electron chi connectivity index (χ3n) is 3.90. The molecule has 0 fully saturated rings. The SMILES string of the molecule is CC(=O)Nc1cc(-c2ccc(Cl)cc2)nn1-c1nc(-c2ccccc2)cs1. The third-order valence-corrected chi connectivity index (χ3v) is 4.96. The highest BCUT2D eigenvalue weighted by Crippen LogP contribution is 2.29. The average molecular weight is 395 g/mol. The van der Waals surface area contributed by atoms with Crippen LogP contribution in [0.3, 0.4) is 0 Å². The Morgan fingerprint density at radius 2 is 1.74 bits per heavy atom. The van der Waals surface area contributed by atoms with Crippen molar-refractivity contribution in [1.82, 2.24) is 14.8 Å². The molecular formula is C20H15ClN4OS. The normalized spacial score (nSPS) is 10.7. The Labute approximate surface area is 165 Å². The van der Waals surface area contributed by atoms with E-state index in [1.807, 2.05) is 66.0 Å². The fourth-order valence-electron chi connectivity index (χ4n) is 2.66. The number of thiazole rings is 1. The molecule has 4 rings (SSSR count). The second kappa shape index (κ2) is 7.34. The molecule has 0 spiro atoms. The quantitative estimate of drug-likeness (QED) is 0.512. The summed E-state index contributed by atoms with van der Waals surface area (Å²) in [5.74, 6) is 0.403. The second-order valence-corrected chi connectivity index (χ2v) is 7.17. The number of hydrogen-bond donors (Lipinski definition) is 1. The van der Waals surface area contributed by atoms with Crippen LogP contribution in [0, 0.1) is 0 Å². The first-order valence-electron chi connectivity index (χ1n) is 8.25. The molecule has 4 aromatic rings. The monoisotopic (exact) mass is 394 g/mol. The Bertz CT molecular complexity index is 1090. The summed E-state index contributed by atoms with van der Waals surface area (Å²) in [7, 11) is 0. The predicted molar refractivity (Wildman–Crippen MR) is 109 cm³/mol. The molecule has 0 aliphatic heterocycles. The van der Waals surface area contributed by atoms with Crippen molar-refractivity contribution in [3.63, 3.8) is 0 Å². The maximum Gasteiger partial charge on any atom is 0.222 e. The first kappa shape index (κ1) is 17.5. The molecule has 0 unspecified atom stereocenters. The molecule has 27 heavy (non-hydrogen) atoms. The van der Waals surface area contributed by atoms with Crippen molar-refractivity contribution in [3.8, 4) is 27.6 Å². The molecule has 2 aromatic heterocycles. The molecule has 2 aromatic carbocycles. The summed E-state index contributed by atoms with van der Waals surface area (Å²) >= 11 is 7.44. The van der Waals surface area contributed by atoms with Crippen molar-refractivity contribution in [2.45, 2.75) is 6.92 Å². The van der Waals surface area contributed by atoms with Gasteiger partial charge in [0.1, 0.15) is 5.82 Å². The lowest BCUT2D eigenvalue weighted by Crippen LogP contribution is -2.10. The Balaban J connectivity index is 1.76. The summed E-state index contributed by atoms with van der Waals surface area (Å²) in [6.45, 7) is 1.47. The largest absolute Gasteiger partial charge is 0.311 e. The number of nitrogens with zero attached hydrogens (tertiary/aromatic N) is 3. The van der Waals surface area contributed by atoms with Gasteiger partial charge in [0, 0.05) is 34.5 Å². The van der Waals surface area contributed by atoms with Gasteiger partial charge in [0.05, 0.1) is 11.4 Å². The first-order valence-corrected chi connectivity index (χ1v) is 9.51. The Morgan fingerprint density at radius 3 is 2.44 bits per heavy atom. The maximum absolute atomic E-state index is 11.6. The number of carbonyl (C=O) groups is 1. The summed E-state index contributed by atoms with van der Waals surface area (Å²) < 4.78 is 1.66. The van der Waals surface area contributed by atoms with Crippen LogP contribution in [-0.2, 0) is 4.79 Å². The molecular weight excluding hydrogens is 380 g/mol. The zero-order chi connectivity index (χ0) is 18.8. The van der Waals surface area contributed by atoms with Gasteiger partial charge in [-0.25, -0.2) is 4.98 Å². The van der Waals surface area contributed by atoms with Crippen LogP contribution in [0.1, 0.15) is 6.92 Å². The summed E-state index contributed by atoms with van der Waals surface area (Å²) in [5.41, 5.74) is 3.54. The average Bonchev–Trinajstić information content (AvgIpc) is 3.30. The second-order valence-electron chi connectivity index (χ2n) is 5.90. The topological polar surface area (TPSA) is 59.8 Å². The number of aromatic nitrogens is 3. The smallest absolute Gasteiger partial charge is 0.222 e. The van der Waals surface area contributed by atoms with Crippen molar-refractivity contribution in [3.05, 3.63) is 71.1 Å². The van der Waals surface area contributed by atoms with Gasteiger partial charge in [-0.3, -0.25) is 4.79 Å². The van der Waals surface area contributed by atoms with E-state index < -0.39 is 0 Å². The minimum absolute atomic E-state index is 0.168. The molecule has 2 heterocycles. The molecule has 134 valence electrons. The van der Waals surface area contributed by atoms with E-state index in [4.69, 9.17) is 11.6 Å². The molecule has 5 nitrogen and oxygen atoms in total. The van der Waals surface area contributed by atoms with Gasteiger partial charge in [0.15, 0.2) is 0 Å². The van der Waals surface area contributed by atoms with E-state index in [1.54, 1.807) is 4.68 Å². The number of anilines is 1. The zero-order valence-corrected chi connectivity index (χ0v) is 16.0. The number of rotatable bonds is 4. The van der Waals surface area contributed by atoms with Crippen LogP contribution in [0.5, 0.6) is 0 Å². The fourth-order valence-corrected chi connectivity index (χ4v) is 3.58. The highest BCUT2D eigenvalue weighted by Gasteiger charge is 2.15. The number of benzene rings is 2. The fraction of sp³-hybridized carbons (Fsp3) is 0.0500. The summed E-state index contributed by atoms with van der Waals surface area (Å²) in [6, 6.07) is 19.2. The molecule has 0 saturated carbocycles. The standard InChI is InChI=1S/C20H15ClN4OS/c1-13(26)22-19-11-17(15-7-9-16(21)10-8-15)24-25(19)20-23-18(12-27-20)14-5-3-2-4-6-14/h2-12H,1H3,(H,22,26). The van der Waals surface area contributed by atoms with Crippen LogP contribution in [-0.4, -0.2) is 20.7 Å². The number of halogens is 1. The Kier molecular flexibility index (Phi) is 4.75. The van der Waals surface area contributed by atoms with Crippen LogP contribution < -0.4 is 5.32 Å². The van der Waals surface area contributed by atoms with Crippen LogP contribution in [0.15, 0.2) is 66.0 Å². The highest BCUT2D eigenvalue weighted by atomic mass is 35.5. The van der Waals surface area contributed by atoms with Gasteiger partial charge in [-0.1, -0.05) is 54.1 Å². The summed E-state index contributed by atoms with van der Waals surface area (Å²) in [5, 5.41) is 10.8. The van der Waals surface area contributed by atoms with E-state index >= 15 is 0 Å².